The van der Waals surface area contributed by atoms with Gasteiger partial charge in [0.1, 0.15) is 0 Å². The maximum atomic E-state index is 11.8. The first-order valence-corrected chi connectivity index (χ1v) is 8.80. The molecule has 0 aromatic heterocycles. The fourth-order valence-corrected chi connectivity index (χ4v) is 4.10. The fourth-order valence-electron chi connectivity index (χ4n) is 1.87. The van der Waals surface area contributed by atoms with Crippen LogP contribution in [0.5, 0.6) is 0 Å². The minimum absolute atomic E-state index is 0.0406. The third-order valence-corrected chi connectivity index (χ3v) is 4.97. The van der Waals surface area contributed by atoms with Crippen LogP contribution >= 0.6 is 11.8 Å². The highest BCUT2D eigenvalue weighted by molar-refractivity contribution is 7.98. The molecule has 0 bridgehead atoms. The van der Waals surface area contributed by atoms with Gasteiger partial charge in [-0.15, -0.1) is 0 Å². The van der Waals surface area contributed by atoms with E-state index in [4.69, 9.17) is 0 Å². The van der Waals surface area contributed by atoms with Gasteiger partial charge < -0.3 is 5.32 Å². The van der Waals surface area contributed by atoms with Crippen LogP contribution in [0, 0.1) is 0 Å². The molecule has 1 saturated heterocycles. The first kappa shape index (κ1) is 14.3. The minimum Gasteiger partial charge on any atom is -0.313 e. The Hall–Kier alpha value is 0.220. The Kier molecular flexibility index (Phi) is 6.10. The molecule has 0 radical (unpaired) electrons. The Labute approximate surface area is 103 Å². The van der Waals surface area contributed by atoms with E-state index >= 15 is 0 Å². The smallest absolute Gasteiger partial charge is 0.213 e. The van der Waals surface area contributed by atoms with E-state index in [2.05, 4.69) is 10.0 Å². The van der Waals surface area contributed by atoms with E-state index in [0.717, 1.165) is 31.6 Å². The molecule has 4 nitrogen and oxygen atoms in total. The lowest BCUT2D eigenvalue weighted by Gasteiger charge is -2.16. The Morgan fingerprint density at radius 3 is 2.88 bits per heavy atom. The van der Waals surface area contributed by atoms with Crippen molar-refractivity contribution in [3.05, 3.63) is 0 Å². The molecule has 6 heteroatoms. The standard InChI is InChI=1S/C10H22N2O2S2/c1-9(5-7-15-2)12-16(13,14)8-10-4-3-6-11-10/h9-12H,3-8H2,1-2H3. The molecule has 2 atom stereocenters. The quantitative estimate of drug-likeness (QED) is 0.715. The Balaban J connectivity index is 2.32. The van der Waals surface area contributed by atoms with E-state index in [9.17, 15) is 8.42 Å². The highest BCUT2D eigenvalue weighted by Gasteiger charge is 2.22. The van der Waals surface area contributed by atoms with Crippen molar-refractivity contribution >= 4 is 21.8 Å². The molecule has 16 heavy (non-hydrogen) atoms. The molecule has 0 amide bonds. The second kappa shape index (κ2) is 6.83. The van der Waals surface area contributed by atoms with Gasteiger partial charge in [0.2, 0.25) is 10.0 Å². The summed E-state index contributed by atoms with van der Waals surface area (Å²) in [6.07, 6.45) is 4.98. The minimum atomic E-state index is -3.12. The molecule has 2 unspecified atom stereocenters. The molecule has 0 aromatic carbocycles. The molecule has 0 spiro atoms. The maximum absolute atomic E-state index is 11.8. The Morgan fingerprint density at radius 1 is 1.56 bits per heavy atom. The Bertz CT molecular complexity index is 287. The summed E-state index contributed by atoms with van der Waals surface area (Å²) in [5, 5.41) is 3.21. The first-order valence-electron chi connectivity index (χ1n) is 5.76. The molecule has 0 aromatic rings. The van der Waals surface area contributed by atoms with Gasteiger partial charge in [-0.2, -0.15) is 11.8 Å². The van der Waals surface area contributed by atoms with Crippen molar-refractivity contribution in [3.8, 4) is 0 Å². The van der Waals surface area contributed by atoms with Crippen LogP contribution in [0.4, 0.5) is 0 Å². The average Bonchev–Trinajstić information content (AvgIpc) is 2.65. The summed E-state index contributed by atoms with van der Waals surface area (Å²) in [7, 11) is -3.12. The predicted octanol–water partition coefficient (Wildman–Crippen LogP) is 0.799. The molecule has 1 heterocycles. The zero-order chi connectivity index (χ0) is 12.0. The van der Waals surface area contributed by atoms with Gasteiger partial charge in [0.15, 0.2) is 0 Å². The van der Waals surface area contributed by atoms with Crippen molar-refractivity contribution in [2.45, 2.75) is 38.3 Å². The van der Waals surface area contributed by atoms with E-state index in [0.29, 0.717) is 0 Å². The third kappa shape index (κ3) is 5.52. The summed E-state index contributed by atoms with van der Waals surface area (Å²) in [5.74, 6) is 1.21. The van der Waals surface area contributed by atoms with Crippen molar-refractivity contribution < 1.29 is 8.42 Å². The van der Waals surface area contributed by atoms with Crippen LogP contribution in [0.15, 0.2) is 0 Å². The molecule has 1 aliphatic heterocycles. The van der Waals surface area contributed by atoms with Gasteiger partial charge in [-0.3, -0.25) is 0 Å². The summed E-state index contributed by atoms with van der Waals surface area (Å²) in [6.45, 7) is 2.87. The molecule has 0 saturated carbocycles. The number of sulfonamides is 1. The summed E-state index contributed by atoms with van der Waals surface area (Å²) >= 11 is 1.74. The summed E-state index contributed by atoms with van der Waals surface area (Å²) in [5.41, 5.74) is 0. The van der Waals surface area contributed by atoms with Crippen LogP contribution in [-0.2, 0) is 10.0 Å². The van der Waals surface area contributed by atoms with Gasteiger partial charge >= 0.3 is 0 Å². The number of hydrogen-bond acceptors (Lipinski definition) is 4. The summed E-state index contributed by atoms with van der Waals surface area (Å²) in [6, 6.07) is 0.184. The van der Waals surface area contributed by atoms with Gasteiger partial charge in [-0.1, -0.05) is 0 Å². The topological polar surface area (TPSA) is 58.2 Å². The first-order chi connectivity index (χ1) is 7.53. The number of thioether (sulfide) groups is 1. The van der Waals surface area contributed by atoms with E-state index in [-0.39, 0.29) is 17.8 Å². The molecule has 1 aliphatic rings. The van der Waals surface area contributed by atoms with E-state index < -0.39 is 10.0 Å². The Morgan fingerprint density at radius 2 is 2.31 bits per heavy atom. The van der Waals surface area contributed by atoms with Crippen molar-refractivity contribution in [1.29, 1.82) is 0 Å². The second-order valence-electron chi connectivity index (χ2n) is 4.38. The fraction of sp³-hybridized carbons (Fsp3) is 1.00. The van der Waals surface area contributed by atoms with Crippen LogP contribution in [0.1, 0.15) is 26.2 Å². The van der Waals surface area contributed by atoms with Crippen LogP contribution in [0.2, 0.25) is 0 Å². The lowest BCUT2D eigenvalue weighted by Crippen LogP contribution is -2.40. The second-order valence-corrected chi connectivity index (χ2v) is 7.16. The molecular weight excluding hydrogens is 244 g/mol. The molecule has 1 rings (SSSR count). The van der Waals surface area contributed by atoms with Crippen molar-refractivity contribution in [2.24, 2.45) is 0 Å². The van der Waals surface area contributed by atoms with E-state index in [1.165, 1.54) is 0 Å². The lowest BCUT2D eigenvalue weighted by molar-refractivity contribution is 0.543. The summed E-state index contributed by atoms with van der Waals surface area (Å²) in [4.78, 5) is 0. The lowest BCUT2D eigenvalue weighted by atomic mass is 10.3. The van der Waals surface area contributed by atoms with E-state index in [1.54, 1.807) is 11.8 Å². The number of hydrogen-bond donors (Lipinski definition) is 2. The van der Waals surface area contributed by atoms with Crippen LogP contribution in [0.3, 0.4) is 0 Å². The largest absolute Gasteiger partial charge is 0.313 e. The van der Waals surface area contributed by atoms with Gasteiger partial charge in [-0.25, -0.2) is 13.1 Å². The molecule has 0 aliphatic carbocycles. The highest BCUT2D eigenvalue weighted by atomic mass is 32.2. The monoisotopic (exact) mass is 266 g/mol. The predicted molar refractivity (Wildman–Crippen MR) is 70.4 cm³/mol. The van der Waals surface area contributed by atoms with Gasteiger partial charge in [-0.05, 0) is 44.7 Å². The van der Waals surface area contributed by atoms with Crippen LogP contribution in [-0.4, -0.2) is 44.8 Å². The SMILES string of the molecule is CSCCC(C)NS(=O)(=O)CC1CCCN1. The van der Waals surface area contributed by atoms with Crippen LogP contribution < -0.4 is 10.0 Å². The molecule has 96 valence electrons. The maximum Gasteiger partial charge on any atom is 0.213 e. The normalized spacial score (nSPS) is 23.5. The number of nitrogens with one attached hydrogen (secondary N) is 2. The molecule has 1 fully saturated rings. The van der Waals surface area contributed by atoms with E-state index in [1.807, 2.05) is 13.2 Å². The van der Waals surface area contributed by atoms with Gasteiger partial charge in [0.25, 0.3) is 0 Å². The van der Waals surface area contributed by atoms with Crippen molar-refractivity contribution in [1.82, 2.24) is 10.0 Å². The highest BCUT2D eigenvalue weighted by Crippen LogP contribution is 2.08. The molecular formula is C10H22N2O2S2. The van der Waals surface area contributed by atoms with Crippen LogP contribution in [0.25, 0.3) is 0 Å². The van der Waals surface area contributed by atoms with Gasteiger partial charge in [0.05, 0.1) is 5.75 Å². The van der Waals surface area contributed by atoms with Crippen molar-refractivity contribution in [3.63, 3.8) is 0 Å². The molecule has 2 N–H and O–H groups in total. The van der Waals surface area contributed by atoms with Gasteiger partial charge in [0, 0.05) is 12.1 Å². The van der Waals surface area contributed by atoms with Crippen molar-refractivity contribution in [2.75, 3.05) is 24.3 Å². The number of rotatable bonds is 7. The zero-order valence-electron chi connectivity index (χ0n) is 10.0. The zero-order valence-corrected chi connectivity index (χ0v) is 11.7. The summed E-state index contributed by atoms with van der Waals surface area (Å²) < 4.78 is 26.3. The average molecular weight is 266 g/mol. The third-order valence-electron chi connectivity index (χ3n) is 2.72.